The Kier molecular flexibility index (Phi) is 8.59. The highest BCUT2D eigenvalue weighted by Gasteiger charge is 2.74. The molecule has 0 radical (unpaired) electrons. The molecule has 0 saturated carbocycles. The monoisotopic (exact) mass is 615 g/mol. The molecular weight excluding hydrogens is 578 g/mol. The van der Waals surface area contributed by atoms with Crippen LogP contribution in [0.15, 0.2) is 79.9 Å². The van der Waals surface area contributed by atoms with E-state index < -0.39 is 34.6 Å². The van der Waals surface area contributed by atoms with Gasteiger partial charge in [0.25, 0.3) is 0 Å². The molecule has 230 valence electrons. The predicted molar refractivity (Wildman–Crippen MR) is 167 cm³/mol. The minimum absolute atomic E-state index is 0.105. The average Bonchev–Trinajstić information content (AvgIpc) is 3.79. The molecule has 2 aromatic carbocycles. The zero-order chi connectivity index (χ0) is 30.8. The molecule has 11 heteroatoms. The van der Waals surface area contributed by atoms with Gasteiger partial charge in [0.2, 0.25) is 11.8 Å². The second-order valence-corrected chi connectivity index (χ2v) is 13.2. The summed E-state index contributed by atoms with van der Waals surface area (Å²) in [6.45, 7) is 7.78. The summed E-state index contributed by atoms with van der Waals surface area (Å²) in [7, 11) is 0. The Morgan fingerprint density at radius 3 is 2.68 bits per heavy atom. The van der Waals surface area contributed by atoms with Crippen molar-refractivity contribution in [1.29, 1.82) is 0 Å². The number of likely N-dealkylation sites (tertiary alicyclic amines) is 1. The first-order valence-corrected chi connectivity index (χ1v) is 15.9. The second kappa shape index (κ2) is 12.6. The Morgan fingerprint density at radius 2 is 1.93 bits per heavy atom. The van der Waals surface area contributed by atoms with E-state index in [1.165, 1.54) is 0 Å². The molecular formula is C33H37N5O5S. The number of carbonyl (C=O) groups is 3. The summed E-state index contributed by atoms with van der Waals surface area (Å²) in [5, 5.41) is 19.1. The molecule has 1 N–H and O–H groups in total. The number of rotatable bonds is 13. The summed E-state index contributed by atoms with van der Waals surface area (Å²) in [5.41, 5.74) is 2.43. The maximum Gasteiger partial charge on any atom is 0.310 e. The van der Waals surface area contributed by atoms with Gasteiger partial charge in [0.15, 0.2) is 0 Å². The van der Waals surface area contributed by atoms with Crippen molar-refractivity contribution >= 4 is 40.6 Å². The molecule has 1 aromatic heterocycles. The van der Waals surface area contributed by atoms with E-state index in [-0.39, 0.29) is 43.5 Å². The zero-order valence-electron chi connectivity index (χ0n) is 24.5. The topological polar surface area (TPSA) is 118 Å². The minimum atomic E-state index is -0.892. The Morgan fingerprint density at radius 1 is 1.16 bits per heavy atom. The lowest BCUT2D eigenvalue weighted by Gasteiger charge is -2.39. The van der Waals surface area contributed by atoms with Crippen LogP contribution in [-0.2, 0) is 32.2 Å². The molecule has 3 aliphatic rings. The first-order chi connectivity index (χ1) is 21.4. The van der Waals surface area contributed by atoms with Gasteiger partial charge in [-0.2, -0.15) is 0 Å². The molecule has 6 rings (SSSR count). The van der Waals surface area contributed by atoms with Gasteiger partial charge < -0.3 is 19.6 Å². The number of aliphatic hydroxyl groups excluding tert-OH is 1. The van der Waals surface area contributed by atoms with E-state index in [0.717, 1.165) is 11.1 Å². The number of nitrogens with zero attached hydrogens (tertiary/aromatic N) is 5. The fourth-order valence-electron chi connectivity index (χ4n) is 7.24. The van der Waals surface area contributed by atoms with Crippen molar-refractivity contribution in [3.63, 3.8) is 0 Å². The number of para-hydroxylation sites is 1. The standard InChI is InChI=1S/C33H37N5O5S/c1-3-5-18-43-32(42)27-26-15-16-33(44-26)28(27)30(40)38(23(20-39)19-22-11-7-6-8-12-22)29(33)31(41)36(17-4-2)21-37-25-14-10-9-13-24(25)34-35-37/h3-4,6-14,23,26-29,39H,1-2,5,15-21H2/t23-,26+,27-,28+,29?,33?/m1/s1. The van der Waals surface area contributed by atoms with E-state index in [9.17, 15) is 19.5 Å². The van der Waals surface area contributed by atoms with Crippen molar-refractivity contribution in [2.75, 3.05) is 19.8 Å². The fourth-order valence-corrected chi connectivity index (χ4v) is 9.42. The van der Waals surface area contributed by atoms with Crippen molar-refractivity contribution in [2.24, 2.45) is 11.8 Å². The van der Waals surface area contributed by atoms with Crippen LogP contribution < -0.4 is 0 Å². The van der Waals surface area contributed by atoms with E-state index in [4.69, 9.17) is 4.74 Å². The van der Waals surface area contributed by atoms with Crippen LogP contribution in [0.25, 0.3) is 11.0 Å². The third kappa shape index (κ3) is 5.11. The Labute approximate surface area is 260 Å². The second-order valence-electron chi connectivity index (χ2n) is 11.6. The molecule has 44 heavy (non-hydrogen) atoms. The van der Waals surface area contributed by atoms with Gasteiger partial charge in [-0.1, -0.05) is 59.8 Å². The van der Waals surface area contributed by atoms with E-state index in [1.807, 2.05) is 54.6 Å². The van der Waals surface area contributed by atoms with Gasteiger partial charge in [-0.3, -0.25) is 14.4 Å². The number of amides is 2. The largest absolute Gasteiger partial charge is 0.465 e. The molecule has 6 atom stereocenters. The molecule has 4 heterocycles. The van der Waals surface area contributed by atoms with Crippen LogP contribution >= 0.6 is 11.8 Å². The highest BCUT2D eigenvalue weighted by atomic mass is 32.2. The highest BCUT2D eigenvalue weighted by molar-refractivity contribution is 8.02. The lowest BCUT2D eigenvalue weighted by Crippen LogP contribution is -2.58. The number of benzene rings is 2. The van der Waals surface area contributed by atoms with Gasteiger partial charge in [0.1, 0.15) is 18.2 Å². The fraction of sp³-hybridized carbons (Fsp3) is 0.424. The molecule has 10 nitrogen and oxygen atoms in total. The summed E-state index contributed by atoms with van der Waals surface area (Å²) >= 11 is 1.58. The summed E-state index contributed by atoms with van der Waals surface area (Å²) in [5.74, 6) is -2.32. The lowest BCUT2D eigenvalue weighted by atomic mass is 9.71. The lowest BCUT2D eigenvalue weighted by molar-refractivity contribution is -0.154. The number of hydrogen-bond donors (Lipinski definition) is 1. The van der Waals surface area contributed by atoms with E-state index >= 15 is 0 Å². The van der Waals surface area contributed by atoms with Crippen LogP contribution in [0.1, 0.15) is 24.8 Å². The summed E-state index contributed by atoms with van der Waals surface area (Å²) in [6, 6.07) is 15.6. The average molecular weight is 616 g/mol. The van der Waals surface area contributed by atoms with Gasteiger partial charge in [-0.15, -0.1) is 30.0 Å². The van der Waals surface area contributed by atoms with Crippen LogP contribution in [-0.4, -0.2) is 89.5 Å². The van der Waals surface area contributed by atoms with Crippen LogP contribution in [0.4, 0.5) is 0 Å². The molecule has 0 aliphatic carbocycles. The number of aromatic nitrogens is 3. The highest BCUT2D eigenvalue weighted by Crippen LogP contribution is 2.67. The molecule has 1 spiro atoms. The quantitative estimate of drug-likeness (QED) is 0.177. The van der Waals surface area contributed by atoms with Crippen molar-refractivity contribution in [2.45, 2.75) is 54.4 Å². The predicted octanol–water partition coefficient (Wildman–Crippen LogP) is 3.22. The normalized spacial score (nSPS) is 26.0. The minimum Gasteiger partial charge on any atom is -0.465 e. The maximum absolute atomic E-state index is 14.8. The van der Waals surface area contributed by atoms with Crippen LogP contribution in [0.3, 0.4) is 0 Å². The van der Waals surface area contributed by atoms with E-state index in [1.54, 1.807) is 38.4 Å². The molecule has 2 bridgehead atoms. The van der Waals surface area contributed by atoms with Crippen molar-refractivity contribution in [1.82, 2.24) is 24.8 Å². The maximum atomic E-state index is 14.8. The summed E-state index contributed by atoms with van der Waals surface area (Å²) in [4.78, 5) is 46.1. The molecule has 3 aromatic rings. The zero-order valence-corrected chi connectivity index (χ0v) is 25.3. The number of hydrogen-bond acceptors (Lipinski definition) is 8. The van der Waals surface area contributed by atoms with Crippen LogP contribution in [0.5, 0.6) is 0 Å². The van der Waals surface area contributed by atoms with Gasteiger partial charge in [0.05, 0.1) is 41.4 Å². The number of aliphatic hydroxyl groups is 1. The van der Waals surface area contributed by atoms with Crippen molar-refractivity contribution in [3.8, 4) is 0 Å². The Hall–Kier alpha value is -3.96. The Bertz CT molecular complexity index is 1560. The number of ether oxygens (including phenoxy) is 1. The summed E-state index contributed by atoms with van der Waals surface area (Å²) in [6.07, 6.45) is 5.53. The number of thioether (sulfide) groups is 1. The van der Waals surface area contributed by atoms with Crippen LogP contribution in [0.2, 0.25) is 0 Å². The summed E-state index contributed by atoms with van der Waals surface area (Å²) < 4.78 is 6.45. The Balaban J connectivity index is 1.39. The molecule has 3 aliphatic heterocycles. The van der Waals surface area contributed by atoms with Crippen LogP contribution in [0, 0.1) is 11.8 Å². The molecule has 2 amide bonds. The van der Waals surface area contributed by atoms with E-state index in [0.29, 0.717) is 31.2 Å². The van der Waals surface area contributed by atoms with Gasteiger partial charge in [-0.05, 0) is 43.4 Å². The van der Waals surface area contributed by atoms with Gasteiger partial charge >= 0.3 is 5.97 Å². The van der Waals surface area contributed by atoms with Crippen molar-refractivity contribution < 1.29 is 24.2 Å². The number of carbonyl (C=O) groups excluding carboxylic acids is 3. The molecule has 2 unspecified atom stereocenters. The third-order valence-corrected chi connectivity index (χ3v) is 11.1. The number of fused-ring (bicyclic) bond motifs is 2. The first-order valence-electron chi connectivity index (χ1n) is 15.0. The number of esters is 1. The first kappa shape index (κ1) is 30.1. The third-order valence-electron chi connectivity index (χ3n) is 9.11. The smallest absolute Gasteiger partial charge is 0.310 e. The van der Waals surface area contributed by atoms with Gasteiger partial charge in [-0.25, -0.2) is 4.68 Å². The van der Waals surface area contributed by atoms with Crippen molar-refractivity contribution in [3.05, 3.63) is 85.5 Å². The SMILES string of the molecule is C=CCCOC(=O)[C@@H]1[C@@H]2CCC3(S2)C(C(=O)N(CC=C)Cn2nnc4ccccc42)N([C@@H](CO)Cc2ccccc2)C(=O)[C@H]13. The molecule has 3 fully saturated rings. The molecule has 3 saturated heterocycles. The van der Waals surface area contributed by atoms with E-state index in [2.05, 4.69) is 23.5 Å². The van der Waals surface area contributed by atoms with Gasteiger partial charge in [0, 0.05) is 11.8 Å².